The molecule has 15 heavy (non-hydrogen) atoms. The predicted molar refractivity (Wildman–Crippen MR) is 58.4 cm³/mol. The molecule has 2 unspecified atom stereocenters. The molecule has 6 heteroatoms. The van der Waals surface area contributed by atoms with Crippen LogP contribution >= 0.6 is 11.8 Å². The maximum Gasteiger partial charge on any atom is 0.327 e. The van der Waals surface area contributed by atoms with Crippen molar-refractivity contribution in [1.82, 2.24) is 4.90 Å². The number of carboxylic acids is 1. The molecule has 0 spiro atoms. The molecule has 1 aliphatic rings. The van der Waals surface area contributed by atoms with E-state index >= 15 is 0 Å². The summed E-state index contributed by atoms with van der Waals surface area (Å²) in [5, 5.41) is 8.90. The highest BCUT2D eigenvalue weighted by Crippen LogP contribution is 2.22. The summed E-state index contributed by atoms with van der Waals surface area (Å²) in [5.41, 5.74) is 5.71. The minimum Gasteiger partial charge on any atom is -0.480 e. The molecule has 0 bridgehead atoms. The van der Waals surface area contributed by atoms with E-state index in [-0.39, 0.29) is 11.8 Å². The molecule has 1 fully saturated rings. The molecule has 1 aliphatic heterocycles. The van der Waals surface area contributed by atoms with Gasteiger partial charge in [-0.3, -0.25) is 4.79 Å². The molecule has 0 saturated carbocycles. The lowest BCUT2D eigenvalue weighted by molar-refractivity contribution is -0.148. The van der Waals surface area contributed by atoms with Crippen LogP contribution in [0, 0.1) is 5.92 Å². The van der Waals surface area contributed by atoms with Crippen LogP contribution in [0.4, 0.5) is 0 Å². The van der Waals surface area contributed by atoms with Crippen molar-refractivity contribution in [3.8, 4) is 0 Å². The number of carbonyl (C=O) groups excluding carboxylic acids is 1. The van der Waals surface area contributed by atoms with Gasteiger partial charge in [0.2, 0.25) is 5.91 Å². The monoisotopic (exact) mass is 232 g/mol. The van der Waals surface area contributed by atoms with E-state index in [0.717, 1.165) is 0 Å². The molecule has 1 heterocycles. The van der Waals surface area contributed by atoms with E-state index in [2.05, 4.69) is 0 Å². The Balaban J connectivity index is 2.70. The van der Waals surface area contributed by atoms with Gasteiger partial charge in [-0.1, -0.05) is 13.8 Å². The van der Waals surface area contributed by atoms with E-state index in [9.17, 15) is 9.59 Å². The van der Waals surface area contributed by atoms with Crippen LogP contribution in [0.3, 0.4) is 0 Å². The molecule has 1 saturated heterocycles. The van der Waals surface area contributed by atoms with Crippen LogP contribution in [0.15, 0.2) is 0 Å². The molecular formula is C9H16N2O3S. The van der Waals surface area contributed by atoms with Gasteiger partial charge in [0.05, 0.1) is 11.9 Å². The molecule has 1 amide bonds. The normalized spacial score (nSPS) is 23.2. The van der Waals surface area contributed by atoms with Gasteiger partial charge in [-0.05, 0) is 5.92 Å². The molecule has 0 aromatic rings. The lowest BCUT2D eigenvalue weighted by Gasteiger charge is -2.25. The Labute approximate surface area is 93.0 Å². The van der Waals surface area contributed by atoms with Gasteiger partial charge >= 0.3 is 5.97 Å². The van der Waals surface area contributed by atoms with Crippen molar-refractivity contribution in [2.45, 2.75) is 25.9 Å². The topological polar surface area (TPSA) is 83.6 Å². The second-order valence-corrected chi connectivity index (χ2v) is 4.93. The van der Waals surface area contributed by atoms with Crippen molar-refractivity contribution in [1.29, 1.82) is 0 Å². The smallest absolute Gasteiger partial charge is 0.327 e. The van der Waals surface area contributed by atoms with Crippen LogP contribution in [-0.4, -0.2) is 45.6 Å². The third kappa shape index (κ3) is 2.63. The maximum atomic E-state index is 11.8. The Hall–Kier alpha value is -0.750. The highest BCUT2D eigenvalue weighted by molar-refractivity contribution is 7.99. The SMILES string of the molecule is CC(C)C(N)C(=O)N1CSCC1C(=O)O. The first-order valence-corrected chi connectivity index (χ1v) is 5.97. The summed E-state index contributed by atoms with van der Waals surface area (Å²) < 4.78 is 0. The highest BCUT2D eigenvalue weighted by atomic mass is 32.2. The molecule has 0 radical (unpaired) electrons. The Kier molecular flexibility index (Phi) is 3.98. The number of thioether (sulfide) groups is 1. The number of carboxylic acid groups (broad SMARTS) is 1. The van der Waals surface area contributed by atoms with Crippen LogP contribution in [0.25, 0.3) is 0 Å². The van der Waals surface area contributed by atoms with Crippen LogP contribution in [0.5, 0.6) is 0 Å². The fourth-order valence-corrected chi connectivity index (χ4v) is 2.50. The van der Waals surface area contributed by atoms with Crippen LogP contribution in [0.1, 0.15) is 13.8 Å². The quantitative estimate of drug-likeness (QED) is 0.713. The fraction of sp³-hybridized carbons (Fsp3) is 0.778. The lowest BCUT2D eigenvalue weighted by atomic mass is 10.0. The van der Waals surface area contributed by atoms with E-state index < -0.39 is 18.1 Å². The molecule has 0 aromatic carbocycles. The summed E-state index contributed by atoms with van der Waals surface area (Å²) >= 11 is 1.44. The van der Waals surface area contributed by atoms with Gasteiger partial charge in [0.15, 0.2) is 0 Å². The molecule has 86 valence electrons. The van der Waals surface area contributed by atoms with Crippen molar-refractivity contribution >= 4 is 23.6 Å². The average molecular weight is 232 g/mol. The van der Waals surface area contributed by atoms with Gasteiger partial charge in [0.1, 0.15) is 6.04 Å². The van der Waals surface area contributed by atoms with E-state index in [1.165, 1.54) is 16.7 Å². The van der Waals surface area contributed by atoms with Crippen molar-refractivity contribution in [2.75, 3.05) is 11.6 Å². The van der Waals surface area contributed by atoms with Gasteiger partial charge in [-0.2, -0.15) is 0 Å². The minimum absolute atomic E-state index is 0.0255. The second-order valence-electron chi connectivity index (χ2n) is 3.93. The standard InChI is InChI=1S/C9H16N2O3S/c1-5(2)7(10)8(12)11-4-15-3-6(11)9(13)14/h5-7H,3-4,10H2,1-2H3,(H,13,14). The third-order valence-corrected chi connectivity index (χ3v) is 3.47. The third-order valence-electron chi connectivity index (χ3n) is 2.45. The van der Waals surface area contributed by atoms with E-state index in [0.29, 0.717) is 11.6 Å². The van der Waals surface area contributed by atoms with Gasteiger partial charge < -0.3 is 15.7 Å². The summed E-state index contributed by atoms with van der Waals surface area (Å²) in [6, 6.07) is -1.32. The molecule has 1 rings (SSSR count). The summed E-state index contributed by atoms with van der Waals surface area (Å²) in [6.07, 6.45) is 0. The van der Waals surface area contributed by atoms with Crippen molar-refractivity contribution in [2.24, 2.45) is 11.7 Å². The largest absolute Gasteiger partial charge is 0.480 e. The maximum absolute atomic E-state index is 11.8. The van der Waals surface area contributed by atoms with Gasteiger partial charge in [0.25, 0.3) is 0 Å². The minimum atomic E-state index is -0.954. The average Bonchev–Trinajstić information content (AvgIpc) is 2.63. The summed E-state index contributed by atoms with van der Waals surface area (Å²) in [6.45, 7) is 3.70. The fourth-order valence-electron chi connectivity index (χ4n) is 1.34. The predicted octanol–water partition coefficient (Wildman–Crippen LogP) is -0.0442. The highest BCUT2D eigenvalue weighted by Gasteiger charge is 2.37. The van der Waals surface area contributed by atoms with Gasteiger partial charge in [-0.15, -0.1) is 11.8 Å². The number of nitrogens with two attached hydrogens (primary N) is 1. The molecule has 3 N–H and O–H groups in total. The van der Waals surface area contributed by atoms with E-state index in [4.69, 9.17) is 10.8 Å². The Bertz CT molecular complexity index is 270. The number of hydrogen-bond acceptors (Lipinski definition) is 4. The molecule has 5 nitrogen and oxygen atoms in total. The van der Waals surface area contributed by atoms with Crippen LogP contribution in [-0.2, 0) is 9.59 Å². The van der Waals surface area contributed by atoms with Gasteiger partial charge in [0, 0.05) is 5.75 Å². The number of carbonyl (C=O) groups is 2. The summed E-state index contributed by atoms with van der Waals surface area (Å²) in [5.74, 6) is -0.313. The first-order chi connectivity index (χ1) is 6.95. The number of rotatable bonds is 3. The Morgan fingerprint density at radius 2 is 2.13 bits per heavy atom. The first kappa shape index (κ1) is 12.3. The molecule has 0 aliphatic carbocycles. The van der Waals surface area contributed by atoms with Crippen molar-refractivity contribution in [3.05, 3.63) is 0 Å². The van der Waals surface area contributed by atoms with Crippen molar-refractivity contribution in [3.63, 3.8) is 0 Å². The number of hydrogen-bond donors (Lipinski definition) is 2. The zero-order valence-electron chi connectivity index (χ0n) is 8.84. The zero-order chi connectivity index (χ0) is 11.6. The van der Waals surface area contributed by atoms with Crippen LogP contribution < -0.4 is 5.73 Å². The first-order valence-electron chi connectivity index (χ1n) is 4.81. The number of nitrogens with zero attached hydrogens (tertiary/aromatic N) is 1. The Morgan fingerprint density at radius 1 is 1.53 bits per heavy atom. The summed E-state index contributed by atoms with van der Waals surface area (Å²) in [4.78, 5) is 24.0. The zero-order valence-corrected chi connectivity index (χ0v) is 9.66. The van der Waals surface area contributed by atoms with Gasteiger partial charge in [-0.25, -0.2) is 4.79 Å². The lowest BCUT2D eigenvalue weighted by Crippen LogP contribution is -2.50. The van der Waals surface area contributed by atoms with E-state index in [1.807, 2.05) is 13.8 Å². The number of amides is 1. The van der Waals surface area contributed by atoms with Crippen LogP contribution in [0.2, 0.25) is 0 Å². The Morgan fingerprint density at radius 3 is 2.60 bits per heavy atom. The van der Waals surface area contributed by atoms with E-state index in [1.54, 1.807) is 0 Å². The van der Waals surface area contributed by atoms with Crippen molar-refractivity contribution < 1.29 is 14.7 Å². The second kappa shape index (κ2) is 4.85. The number of aliphatic carboxylic acids is 1. The summed E-state index contributed by atoms with van der Waals surface area (Å²) in [7, 11) is 0. The molecular weight excluding hydrogens is 216 g/mol. The molecule has 2 atom stereocenters. The molecule has 0 aromatic heterocycles.